The van der Waals surface area contributed by atoms with Crippen molar-refractivity contribution < 1.29 is 43.7 Å². The van der Waals surface area contributed by atoms with Crippen molar-refractivity contribution in [3.05, 3.63) is 23.2 Å². The van der Waals surface area contributed by atoms with Crippen LogP contribution in [0.15, 0.2) is 12.1 Å². The van der Waals surface area contributed by atoms with Crippen molar-refractivity contribution in [2.24, 2.45) is 23.4 Å². The molecule has 6 nitrogen and oxygen atoms in total. The largest absolute Gasteiger partial charge is 0.493 e. The average Bonchev–Trinajstić information content (AvgIpc) is 2.92. The number of carbonyl (C=O) groups excluding carboxylic acids is 1. The Morgan fingerprint density at radius 2 is 2.13 bits per heavy atom. The van der Waals surface area contributed by atoms with Crippen LogP contribution in [0.5, 0.6) is 11.5 Å². The van der Waals surface area contributed by atoms with Gasteiger partial charge in [-0.3, -0.25) is 9.69 Å². The normalized spacial score (nSPS) is 48.2. The summed E-state index contributed by atoms with van der Waals surface area (Å²) in [6.07, 6.45) is -16.2. The van der Waals surface area contributed by atoms with Crippen LogP contribution in [0.25, 0.3) is 0 Å². The second-order valence-corrected chi connectivity index (χ2v) is 7.02. The molecule has 0 saturated carbocycles. The van der Waals surface area contributed by atoms with Crippen LogP contribution in [-0.4, -0.2) is 50.2 Å². The number of rotatable bonds is 7. The number of carbonyl (C=O) groups is 1. The first-order valence-electron chi connectivity index (χ1n) is 18.2. The van der Waals surface area contributed by atoms with Gasteiger partial charge >= 0.3 is 5.97 Å². The van der Waals surface area contributed by atoms with Crippen molar-refractivity contribution in [3.8, 4) is 11.5 Å². The fourth-order valence-electron chi connectivity index (χ4n) is 2.77. The summed E-state index contributed by atoms with van der Waals surface area (Å²) in [5, 5.41) is 0. The van der Waals surface area contributed by atoms with E-state index < -0.39 is 116 Å². The smallest absolute Gasteiger partial charge is 0.323 e. The first-order valence-corrected chi connectivity index (χ1v) is 9.23. The number of nitrogens with two attached hydrogens (primary N) is 1. The quantitative estimate of drug-likeness (QED) is 0.659. The van der Waals surface area contributed by atoms with Gasteiger partial charge in [-0.2, -0.15) is 0 Å². The number of hydrogen-bond acceptors (Lipinski definition) is 6. The predicted octanol–water partition coefficient (Wildman–Crippen LogP) is 3.56. The highest BCUT2D eigenvalue weighted by Crippen LogP contribution is 2.44. The van der Waals surface area contributed by atoms with Crippen molar-refractivity contribution >= 4 is 5.97 Å². The molecule has 30 heavy (non-hydrogen) atoms. The maximum Gasteiger partial charge on any atom is 0.323 e. The molecule has 2 aliphatic rings. The molecule has 0 amide bonds. The van der Waals surface area contributed by atoms with Crippen molar-refractivity contribution in [2.45, 2.75) is 64.9 Å². The van der Waals surface area contributed by atoms with Crippen LogP contribution in [0.2, 0.25) is 0 Å². The Kier molecular flexibility index (Phi) is 2.86. The monoisotopic (exact) mass is 436 g/mol. The van der Waals surface area contributed by atoms with Gasteiger partial charge in [-0.25, -0.2) is 0 Å². The first-order chi connectivity index (χ1) is 21.2. The molecule has 0 spiro atoms. The highest BCUT2D eigenvalue weighted by atomic mass is 16.5. The molecule has 168 valence electrons. The van der Waals surface area contributed by atoms with Gasteiger partial charge in [0.05, 0.1) is 18.3 Å². The topological polar surface area (TPSA) is 74.0 Å². The van der Waals surface area contributed by atoms with Gasteiger partial charge in [-0.05, 0) is 47.8 Å². The molecule has 1 aromatic rings. The Morgan fingerprint density at radius 1 is 1.43 bits per heavy atom. The zero-order valence-corrected chi connectivity index (χ0v) is 17.4. The molecule has 2 aliphatic heterocycles. The lowest BCUT2D eigenvalue weighted by atomic mass is 9.79. The lowest BCUT2D eigenvalue weighted by Crippen LogP contribution is -2.51. The number of benzene rings is 1. The summed E-state index contributed by atoms with van der Waals surface area (Å²) in [5.41, 5.74) is 3.85. The van der Waals surface area contributed by atoms with Gasteiger partial charge in [-0.1, -0.05) is 27.6 Å². The summed E-state index contributed by atoms with van der Waals surface area (Å²) in [6.45, 7) is -8.69. The van der Waals surface area contributed by atoms with Crippen LogP contribution in [0.1, 0.15) is 82.2 Å². The molecular weight excluding hydrogens is 380 g/mol. The Balaban J connectivity index is 2.73. The molecule has 0 bridgehead atoms. The maximum atomic E-state index is 13.4. The van der Waals surface area contributed by atoms with Gasteiger partial charge in [0.1, 0.15) is 12.1 Å². The van der Waals surface area contributed by atoms with E-state index in [1.165, 1.54) is 13.8 Å². The molecule has 5 atom stereocenters. The fraction of sp³-hybridized carbons (Fsp3) is 0.708. The number of hydrogen-bond donors (Lipinski definition) is 1. The molecule has 1 aromatic carbocycles. The van der Waals surface area contributed by atoms with Gasteiger partial charge in [0.15, 0.2) is 11.5 Å². The van der Waals surface area contributed by atoms with Crippen molar-refractivity contribution in [1.29, 1.82) is 0 Å². The summed E-state index contributed by atoms with van der Waals surface area (Å²) in [7, 11) is 2.02. The molecule has 2 N–H and O–H groups in total. The van der Waals surface area contributed by atoms with E-state index in [9.17, 15) is 13.0 Å². The van der Waals surface area contributed by atoms with Crippen LogP contribution < -0.4 is 15.2 Å². The Morgan fingerprint density at radius 3 is 2.77 bits per heavy atom. The van der Waals surface area contributed by atoms with E-state index in [0.29, 0.717) is 6.92 Å². The molecule has 0 radical (unpaired) electrons. The van der Waals surface area contributed by atoms with Gasteiger partial charge in [0, 0.05) is 51.9 Å². The van der Waals surface area contributed by atoms with Gasteiger partial charge in [0.2, 0.25) is 0 Å². The summed E-state index contributed by atoms with van der Waals surface area (Å²) in [6, 6.07) is -6.42. The number of methoxy groups -OCH3 is 2. The zero-order valence-electron chi connectivity index (χ0n) is 35.4. The average molecular weight is 437 g/mol. The minimum Gasteiger partial charge on any atom is -0.493 e. The maximum absolute atomic E-state index is 13.4. The second-order valence-electron chi connectivity index (χ2n) is 7.02. The third-order valence-corrected chi connectivity index (χ3v) is 4.44. The summed E-state index contributed by atoms with van der Waals surface area (Å²) >= 11 is 0. The van der Waals surface area contributed by atoms with E-state index in [-0.39, 0.29) is 4.90 Å². The van der Waals surface area contributed by atoms with Crippen LogP contribution in [-0.2, 0) is 15.9 Å². The molecule has 6 heteroatoms. The van der Waals surface area contributed by atoms with E-state index in [1.54, 1.807) is 0 Å². The number of nitrogens with zero attached hydrogens (tertiary/aromatic N) is 1. The van der Waals surface area contributed by atoms with Crippen LogP contribution in [0.3, 0.4) is 0 Å². The van der Waals surface area contributed by atoms with Gasteiger partial charge in [-0.15, -0.1) is 0 Å². The Hall–Kier alpha value is -1.79. The number of fused-ring (bicyclic) bond motifs is 3. The van der Waals surface area contributed by atoms with Crippen LogP contribution in [0.4, 0.5) is 0 Å². The van der Waals surface area contributed by atoms with Gasteiger partial charge in [0.25, 0.3) is 0 Å². The molecule has 4 unspecified atom stereocenters. The second kappa shape index (κ2) is 9.56. The lowest BCUT2D eigenvalue weighted by Gasteiger charge is -2.47. The molecule has 1 saturated heterocycles. The molecule has 2 heterocycles. The minimum absolute atomic E-state index is 0.283. The Labute approximate surface area is 206 Å². The van der Waals surface area contributed by atoms with E-state index in [2.05, 4.69) is 0 Å². The van der Waals surface area contributed by atoms with Crippen molar-refractivity contribution in [1.82, 2.24) is 4.90 Å². The molecule has 1 fully saturated rings. The SMILES string of the molecule is [2H]c1c(OC)c(OC)c([2H])c2c1C1N(C([2H])([2H])C2([2H])[2H])C([2H])([2H])C([2H])(C([2H])([2H])C([2H])(C)C([2H])([2H])[2H])C([2H])(OC(=O)[C@@H](N)C(C)C)C1([2H])[2H]. The highest BCUT2D eigenvalue weighted by molar-refractivity contribution is 5.76. The third-order valence-electron chi connectivity index (χ3n) is 4.44. The molecule has 0 aromatic heterocycles. The molecule has 3 rings (SSSR count). The predicted molar refractivity (Wildman–Crippen MR) is 118 cm³/mol. The lowest BCUT2D eigenvalue weighted by molar-refractivity contribution is -0.160. The zero-order chi connectivity index (χ0) is 38.0. The van der Waals surface area contributed by atoms with E-state index in [1.807, 2.05) is 0 Å². The van der Waals surface area contributed by atoms with Crippen LogP contribution >= 0.6 is 0 Å². The first kappa shape index (κ1) is 8.99. The standard InChI is InChI=1S/C24H38N2O4/c1-14(2)9-17-13-26-8-7-16-10-21(28-5)22(29-6)11-18(16)19(26)12-20(17)30-24(27)23(25)15(3)4/h10-11,14-15,17,19-20,23H,7-9,12-13,25H2,1-6H3/t17?,19?,20?,23-/m0/s1/i1D3,7D2,8D2,9D2,10D,11D,12D2,13D2,14D,17D,20D/t14?,17?,19?,20?,23-. The summed E-state index contributed by atoms with van der Waals surface area (Å²) in [5.74, 6) is -11.8. The highest BCUT2D eigenvalue weighted by Gasteiger charge is 2.41. The van der Waals surface area contributed by atoms with E-state index >= 15 is 0 Å². The Bertz CT molecular complexity index is 1480. The summed E-state index contributed by atoms with van der Waals surface area (Å²) in [4.78, 5) is 13.1. The van der Waals surface area contributed by atoms with Crippen LogP contribution in [0, 0.1) is 17.7 Å². The van der Waals surface area contributed by atoms with E-state index in [0.717, 1.165) is 14.2 Å². The number of esters is 1. The minimum atomic E-state index is -4.46. The van der Waals surface area contributed by atoms with Crippen molar-refractivity contribution in [2.75, 3.05) is 27.2 Å². The summed E-state index contributed by atoms with van der Waals surface area (Å²) < 4.78 is 174. The fourth-order valence-corrected chi connectivity index (χ4v) is 2.77. The number of ether oxygens (including phenoxy) is 3. The third kappa shape index (κ3) is 4.75. The van der Waals surface area contributed by atoms with E-state index in [4.69, 9.17) is 36.4 Å². The van der Waals surface area contributed by atoms with Crippen molar-refractivity contribution in [3.63, 3.8) is 0 Å². The molecule has 0 aliphatic carbocycles. The number of piperidine rings is 1. The van der Waals surface area contributed by atoms with Gasteiger partial charge < -0.3 is 19.9 Å². The molecular formula is C24H38N2O4.